The number of nitrogens with zero attached hydrogens (tertiary/aromatic N) is 1. The Kier molecular flexibility index (Phi) is 6.39. The molecule has 0 bridgehead atoms. The van der Waals surface area contributed by atoms with Crippen LogP contribution in [0.5, 0.6) is 0 Å². The third kappa shape index (κ3) is 3.72. The van der Waals surface area contributed by atoms with E-state index in [-0.39, 0.29) is 5.56 Å². The number of fused-ring (bicyclic) bond motifs is 1. The van der Waals surface area contributed by atoms with Crippen LogP contribution >= 0.6 is 0 Å². The van der Waals surface area contributed by atoms with Gasteiger partial charge in [-0.2, -0.15) is 0 Å². The van der Waals surface area contributed by atoms with Crippen LogP contribution in [-0.4, -0.2) is 20.6 Å². The Hall–Kier alpha value is -2.82. The van der Waals surface area contributed by atoms with Gasteiger partial charge >= 0.3 is 5.97 Å². The number of aryl methyl sites for hydroxylation is 2. The highest BCUT2D eigenvalue weighted by Crippen LogP contribution is 2.26. The van der Waals surface area contributed by atoms with E-state index in [2.05, 4.69) is 28.7 Å². The highest BCUT2D eigenvalue weighted by Gasteiger charge is 2.14. The van der Waals surface area contributed by atoms with Gasteiger partial charge in [0.25, 0.3) is 5.56 Å². The Labute approximate surface area is 153 Å². The minimum Gasteiger partial charge on any atom is -0.477 e. The van der Waals surface area contributed by atoms with Crippen LogP contribution < -0.4 is 5.56 Å². The van der Waals surface area contributed by atoms with Gasteiger partial charge in [0, 0.05) is 23.6 Å². The maximum Gasteiger partial charge on any atom is 0.341 e. The summed E-state index contributed by atoms with van der Waals surface area (Å²) >= 11 is 0. The zero-order valence-corrected chi connectivity index (χ0v) is 15.8. The van der Waals surface area contributed by atoms with Crippen molar-refractivity contribution in [2.45, 2.75) is 47.1 Å². The molecule has 5 heteroatoms. The Morgan fingerprint density at radius 2 is 1.88 bits per heavy atom. The number of hydrogen-bond donors (Lipinski definition) is 2. The first kappa shape index (κ1) is 19.5. The number of carboxylic acid groups (broad SMARTS) is 1. The topological polar surface area (TPSA) is 75.1 Å². The first-order valence-corrected chi connectivity index (χ1v) is 9.14. The normalized spacial score (nSPS) is 10.5. The van der Waals surface area contributed by atoms with Gasteiger partial charge in [0.05, 0.1) is 5.69 Å². The number of carboxylic acids is 1. The van der Waals surface area contributed by atoms with Crippen molar-refractivity contribution in [2.24, 2.45) is 0 Å². The van der Waals surface area contributed by atoms with Crippen molar-refractivity contribution in [3.8, 4) is 11.3 Å². The van der Waals surface area contributed by atoms with E-state index in [4.69, 9.17) is 5.11 Å². The van der Waals surface area contributed by atoms with Crippen molar-refractivity contribution in [1.82, 2.24) is 9.55 Å². The fourth-order valence-corrected chi connectivity index (χ4v) is 3.06. The van der Waals surface area contributed by atoms with E-state index in [9.17, 15) is 9.59 Å². The molecule has 5 nitrogen and oxygen atoms in total. The second kappa shape index (κ2) is 8.52. The van der Waals surface area contributed by atoms with Crippen molar-refractivity contribution in [1.29, 1.82) is 0 Å². The van der Waals surface area contributed by atoms with Gasteiger partial charge in [0.15, 0.2) is 0 Å². The lowest BCUT2D eigenvalue weighted by atomic mass is 10.0. The number of aromatic carboxylic acids is 1. The van der Waals surface area contributed by atoms with E-state index in [0.717, 1.165) is 35.0 Å². The number of hydrogen-bond acceptors (Lipinski definition) is 2. The van der Waals surface area contributed by atoms with Crippen molar-refractivity contribution in [2.75, 3.05) is 0 Å². The number of aromatic nitrogens is 2. The lowest BCUT2D eigenvalue weighted by Crippen LogP contribution is -2.19. The van der Waals surface area contributed by atoms with Crippen LogP contribution in [0.25, 0.3) is 22.2 Å². The fourth-order valence-electron chi connectivity index (χ4n) is 3.06. The molecule has 0 unspecified atom stereocenters. The largest absolute Gasteiger partial charge is 0.477 e. The van der Waals surface area contributed by atoms with E-state index < -0.39 is 11.5 Å². The number of H-pyrrole nitrogens is 1. The monoisotopic (exact) mass is 354 g/mol. The SMILES string of the molecule is CC.CCCn1ccc2cc(-c3[nH]c(=O)c(C(=O)O)cc3CC)ccc21. The molecule has 1 aromatic carbocycles. The number of pyridine rings is 1. The van der Waals surface area contributed by atoms with Crippen molar-refractivity contribution in [3.05, 3.63) is 58.0 Å². The molecule has 0 atom stereocenters. The molecule has 0 saturated carbocycles. The molecule has 138 valence electrons. The molecule has 2 aromatic heterocycles. The van der Waals surface area contributed by atoms with Gasteiger partial charge in [-0.05, 0) is 48.2 Å². The van der Waals surface area contributed by atoms with Gasteiger partial charge in [-0.25, -0.2) is 4.79 Å². The van der Waals surface area contributed by atoms with Gasteiger partial charge in [-0.3, -0.25) is 4.79 Å². The van der Waals surface area contributed by atoms with Crippen LogP contribution in [0, 0.1) is 0 Å². The molecule has 0 aliphatic rings. The molecule has 0 fully saturated rings. The Morgan fingerprint density at radius 1 is 1.15 bits per heavy atom. The van der Waals surface area contributed by atoms with E-state index in [0.29, 0.717) is 12.1 Å². The second-order valence-corrected chi connectivity index (χ2v) is 5.85. The van der Waals surface area contributed by atoms with Crippen LogP contribution in [-0.2, 0) is 13.0 Å². The van der Waals surface area contributed by atoms with Crippen LogP contribution in [0.1, 0.15) is 50.0 Å². The smallest absolute Gasteiger partial charge is 0.341 e. The molecule has 2 N–H and O–H groups in total. The fraction of sp³-hybridized carbons (Fsp3) is 0.333. The highest BCUT2D eigenvalue weighted by molar-refractivity contribution is 5.89. The van der Waals surface area contributed by atoms with E-state index in [1.807, 2.05) is 39.0 Å². The van der Waals surface area contributed by atoms with E-state index in [1.54, 1.807) is 0 Å². The lowest BCUT2D eigenvalue weighted by molar-refractivity contribution is 0.0695. The predicted octanol–water partition coefficient (Wildman–Crippen LogP) is 4.69. The summed E-state index contributed by atoms with van der Waals surface area (Å²) in [7, 11) is 0. The molecule has 26 heavy (non-hydrogen) atoms. The van der Waals surface area contributed by atoms with E-state index >= 15 is 0 Å². The summed E-state index contributed by atoms with van der Waals surface area (Å²) in [5.41, 5.74) is 2.77. The molecule has 0 spiro atoms. The third-order valence-corrected chi connectivity index (χ3v) is 4.26. The van der Waals surface area contributed by atoms with Crippen molar-refractivity contribution in [3.63, 3.8) is 0 Å². The number of benzene rings is 1. The summed E-state index contributed by atoms with van der Waals surface area (Å²) in [5.74, 6) is -1.20. The molecular formula is C21H26N2O3. The summed E-state index contributed by atoms with van der Waals surface area (Å²) in [6.45, 7) is 9.05. The maximum absolute atomic E-state index is 12.0. The van der Waals surface area contributed by atoms with Gasteiger partial charge in [0.1, 0.15) is 5.56 Å². The molecule has 3 aromatic rings. The number of rotatable bonds is 5. The molecule has 0 aliphatic heterocycles. The van der Waals surface area contributed by atoms with Crippen LogP contribution in [0.15, 0.2) is 41.3 Å². The van der Waals surface area contributed by atoms with Crippen LogP contribution in [0.3, 0.4) is 0 Å². The zero-order chi connectivity index (χ0) is 19.3. The predicted molar refractivity (Wildman–Crippen MR) is 106 cm³/mol. The minimum absolute atomic E-state index is 0.217. The first-order valence-electron chi connectivity index (χ1n) is 9.14. The summed E-state index contributed by atoms with van der Waals surface area (Å²) in [4.78, 5) is 25.9. The maximum atomic E-state index is 12.0. The number of nitrogens with one attached hydrogen (secondary N) is 1. The average molecular weight is 354 g/mol. The molecule has 0 amide bonds. The minimum atomic E-state index is -1.20. The first-order chi connectivity index (χ1) is 12.5. The lowest BCUT2D eigenvalue weighted by Gasteiger charge is -2.10. The van der Waals surface area contributed by atoms with Crippen molar-refractivity contribution < 1.29 is 9.90 Å². The van der Waals surface area contributed by atoms with Crippen LogP contribution in [0.2, 0.25) is 0 Å². The van der Waals surface area contributed by atoms with Gasteiger partial charge in [0.2, 0.25) is 0 Å². The second-order valence-electron chi connectivity index (χ2n) is 5.85. The molecule has 3 rings (SSSR count). The van der Waals surface area contributed by atoms with E-state index in [1.165, 1.54) is 6.07 Å². The third-order valence-electron chi connectivity index (χ3n) is 4.26. The van der Waals surface area contributed by atoms with Gasteiger partial charge in [-0.15, -0.1) is 0 Å². The quantitative estimate of drug-likeness (QED) is 0.698. The zero-order valence-electron chi connectivity index (χ0n) is 15.8. The summed E-state index contributed by atoms with van der Waals surface area (Å²) < 4.78 is 2.20. The molecule has 0 radical (unpaired) electrons. The standard InChI is InChI=1S/C19H20N2O3.C2H6/c1-3-8-21-9-7-13-10-14(5-6-16(13)21)17-12(4-2)11-15(19(23)24)18(22)20-17;1-2/h5-7,9-11H,3-4,8H2,1-2H3,(H,20,22)(H,23,24);1-2H3. The summed E-state index contributed by atoms with van der Waals surface area (Å²) in [6, 6.07) is 9.59. The Bertz CT molecular complexity index is 967. The molecule has 2 heterocycles. The molecular weight excluding hydrogens is 328 g/mol. The number of aromatic amines is 1. The molecule has 0 aliphatic carbocycles. The summed E-state index contributed by atoms with van der Waals surface area (Å²) in [5, 5.41) is 10.2. The highest BCUT2D eigenvalue weighted by atomic mass is 16.4. The summed E-state index contributed by atoms with van der Waals surface area (Å²) in [6.07, 6.45) is 3.77. The number of carbonyl (C=O) groups is 1. The average Bonchev–Trinajstić information content (AvgIpc) is 3.05. The molecule has 0 saturated heterocycles. The van der Waals surface area contributed by atoms with Gasteiger partial charge in [-0.1, -0.05) is 33.8 Å². The Morgan fingerprint density at radius 3 is 2.50 bits per heavy atom. The van der Waals surface area contributed by atoms with Gasteiger partial charge < -0.3 is 14.7 Å². The van der Waals surface area contributed by atoms with Crippen molar-refractivity contribution >= 4 is 16.9 Å². The Balaban J connectivity index is 0.00000117. The van der Waals surface area contributed by atoms with Crippen LogP contribution in [0.4, 0.5) is 0 Å².